The van der Waals surface area contributed by atoms with E-state index in [-0.39, 0.29) is 25.0 Å². The van der Waals surface area contributed by atoms with E-state index in [1.54, 1.807) is 0 Å². The summed E-state index contributed by atoms with van der Waals surface area (Å²) in [7, 11) is 0. The van der Waals surface area contributed by atoms with Crippen LogP contribution in [0.1, 0.15) is 39.5 Å². The van der Waals surface area contributed by atoms with Crippen LogP contribution < -0.4 is 5.32 Å². The highest BCUT2D eigenvalue weighted by Crippen LogP contribution is 1.89. The van der Waals surface area contributed by atoms with Gasteiger partial charge in [-0.3, -0.25) is 14.9 Å². The third-order valence-electron chi connectivity index (χ3n) is 2.06. The molecular weight excluding hydrogens is 222 g/mol. The highest BCUT2D eigenvalue weighted by molar-refractivity contribution is 5.74. The lowest BCUT2D eigenvalue weighted by Gasteiger charge is -2.06. The van der Waals surface area contributed by atoms with Gasteiger partial charge in [-0.2, -0.15) is 0 Å². The van der Waals surface area contributed by atoms with Crippen LogP contribution in [0.2, 0.25) is 0 Å². The van der Waals surface area contributed by atoms with Crippen molar-refractivity contribution in [2.75, 3.05) is 26.3 Å². The molecule has 0 unspecified atom stereocenters. The van der Waals surface area contributed by atoms with Crippen molar-refractivity contribution in [3.8, 4) is 0 Å². The van der Waals surface area contributed by atoms with E-state index in [1.807, 2.05) is 13.8 Å². The van der Waals surface area contributed by atoms with E-state index in [1.165, 1.54) is 0 Å². The molecule has 17 heavy (non-hydrogen) atoms. The van der Waals surface area contributed by atoms with E-state index in [4.69, 9.17) is 9.47 Å². The molecule has 0 aliphatic carbocycles. The first kappa shape index (κ1) is 15.9. The normalized spacial score (nSPS) is 10.0. The van der Waals surface area contributed by atoms with Gasteiger partial charge in [0.15, 0.2) is 0 Å². The Balaban J connectivity index is 3.36. The van der Waals surface area contributed by atoms with Gasteiger partial charge in [0.05, 0.1) is 26.3 Å². The van der Waals surface area contributed by atoms with Crippen molar-refractivity contribution in [2.24, 2.45) is 0 Å². The second-order valence-electron chi connectivity index (χ2n) is 3.75. The lowest BCUT2D eigenvalue weighted by Crippen LogP contribution is -2.31. The zero-order valence-electron chi connectivity index (χ0n) is 10.8. The van der Waals surface area contributed by atoms with Crippen molar-refractivity contribution in [1.29, 1.82) is 0 Å². The fraction of sp³-hybridized carbons (Fsp3) is 0.833. The second kappa shape index (κ2) is 11.4. The average molecular weight is 245 g/mol. The predicted molar refractivity (Wildman–Crippen MR) is 64.6 cm³/mol. The molecule has 1 N–H and O–H groups in total. The topological polar surface area (TPSA) is 64.6 Å². The van der Waals surface area contributed by atoms with Gasteiger partial charge in [-0.15, -0.1) is 0 Å². The van der Waals surface area contributed by atoms with Gasteiger partial charge in [0, 0.05) is 0 Å². The van der Waals surface area contributed by atoms with Crippen molar-refractivity contribution in [3.63, 3.8) is 0 Å². The number of hydrogen-bond acceptors (Lipinski definition) is 5. The van der Waals surface area contributed by atoms with Crippen molar-refractivity contribution in [3.05, 3.63) is 0 Å². The summed E-state index contributed by atoms with van der Waals surface area (Å²) in [6.07, 6.45) is 3.71. The zero-order valence-corrected chi connectivity index (χ0v) is 10.8. The van der Waals surface area contributed by atoms with Crippen LogP contribution in [-0.2, 0) is 19.1 Å². The summed E-state index contributed by atoms with van der Waals surface area (Å²) >= 11 is 0. The number of unbranched alkanes of at least 4 members (excludes halogenated alkanes) is 2. The lowest BCUT2D eigenvalue weighted by atomic mass is 10.4. The molecule has 0 heterocycles. The summed E-state index contributed by atoms with van der Waals surface area (Å²) in [4.78, 5) is 22.2. The van der Waals surface area contributed by atoms with Gasteiger partial charge in [-0.1, -0.05) is 26.7 Å². The van der Waals surface area contributed by atoms with Crippen molar-refractivity contribution >= 4 is 11.9 Å². The maximum Gasteiger partial charge on any atom is 0.319 e. The summed E-state index contributed by atoms with van der Waals surface area (Å²) in [5, 5.41) is 2.69. The minimum absolute atomic E-state index is 0.0482. The Labute approximate surface area is 103 Å². The number of nitrogens with one attached hydrogen (secondary N) is 1. The average Bonchev–Trinajstić information content (AvgIpc) is 2.30. The van der Waals surface area contributed by atoms with E-state index in [9.17, 15) is 9.59 Å². The van der Waals surface area contributed by atoms with E-state index in [2.05, 4.69) is 5.32 Å². The van der Waals surface area contributed by atoms with Crippen LogP contribution in [0, 0.1) is 0 Å². The highest BCUT2D eigenvalue weighted by atomic mass is 16.5. The lowest BCUT2D eigenvalue weighted by molar-refractivity contribution is -0.144. The predicted octanol–water partition coefficient (Wildman–Crippen LogP) is 1.26. The van der Waals surface area contributed by atoms with Gasteiger partial charge in [0.1, 0.15) is 0 Å². The molecule has 0 atom stereocenters. The Hall–Kier alpha value is -1.10. The van der Waals surface area contributed by atoms with Gasteiger partial charge in [-0.05, 0) is 12.8 Å². The molecule has 0 aromatic rings. The molecule has 0 radical (unpaired) electrons. The van der Waals surface area contributed by atoms with Crippen LogP contribution in [0.25, 0.3) is 0 Å². The van der Waals surface area contributed by atoms with Crippen LogP contribution in [0.4, 0.5) is 0 Å². The first-order chi connectivity index (χ1) is 8.20. The van der Waals surface area contributed by atoms with Gasteiger partial charge >= 0.3 is 11.9 Å². The monoisotopic (exact) mass is 245 g/mol. The Bertz CT molecular complexity index is 197. The SMILES string of the molecule is CCCCOC(=O)CNCC(=O)OCCCC. The molecule has 0 aliphatic heterocycles. The Morgan fingerprint density at radius 3 is 1.65 bits per heavy atom. The standard InChI is InChI=1S/C12H23NO4/c1-3-5-7-16-11(14)9-13-10-12(15)17-8-6-4-2/h13H,3-10H2,1-2H3. The third-order valence-corrected chi connectivity index (χ3v) is 2.06. The molecule has 0 fully saturated rings. The summed E-state index contributed by atoms with van der Waals surface area (Å²) in [5.74, 6) is -0.667. The van der Waals surface area contributed by atoms with Crippen LogP contribution in [0.15, 0.2) is 0 Å². The number of ether oxygens (including phenoxy) is 2. The minimum Gasteiger partial charge on any atom is -0.465 e. The molecule has 0 bridgehead atoms. The largest absolute Gasteiger partial charge is 0.465 e. The summed E-state index contributed by atoms with van der Waals surface area (Å²) in [5.41, 5.74) is 0. The number of carbonyl (C=O) groups is 2. The first-order valence-corrected chi connectivity index (χ1v) is 6.22. The first-order valence-electron chi connectivity index (χ1n) is 6.22. The molecule has 0 amide bonds. The summed E-state index contributed by atoms with van der Waals surface area (Å²) < 4.78 is 9.82. The number of esters is 2. The van der Waals surface area contributed by atoms with Gasteiger partial charge in [-0.25, -0.2) is 0 Å². The summed E-state index contributed by atoms with van der Waals surface area (Å²) in [6, 6.07) is 0. The van der Waals surface area contributed by atoms with Crippen molar-refractivity contribution < 1.29 is 19.1 Å². The second-order valence-corrected chi connectivity index (χ2v) is 3.75. The van der Waals surface area contributed by atoms with Gasteiger partial charge in [0.2, 0.25) is 0 Å². The molecule has 0 aromatic heterocycles. The Morgan fingerprint density at radius 2 is 1.29 bits per heavy atom. The van der Waals surface area contributed by atoms with E-state index < -0.39 is 0 Å². The van der Waals surface area contributed by atoms with E-state index in [0.29, 0.717) is 13.2 Å². The van der Waals surface area contributed by atoms with Crippen LogP contribution >= 0.6 is 0 Å². The Morgan fingerprint density at radius 1 is 0.882 bits per heavy atom. The van der Waals surface area contributed by atoms with E-state index >= 15 is 0 Å². The molecule has 0 saturated carbocycles. The zero-order chi connectivity index (χ0) is 12.9. The smallest absolute Gasteiger partial charge is 0.319 e. The van der Waals surface area contributed by atoms with Gasteiger partial charge in [0.25, 0.3) is 0 Å². The molecule has 0 spiro atoms. The Kier molecular flexibility index (Phi) is 10.7. The van der Waals surface area contributed by atoms with E-state index in [0.717, 1.165) is 25.7 Å². The fourth-order valence-electron chi connectivity index (χ4n) is 1.03. The molecule has 0 aromatic carbocycles. The third kappa shape index (κ3) is 11.2. The molecule has 0 rings (SSSR count). The van der Waals surface area contributed by atoms with Crippen LogP contribution in [0.3, 0.4) is 0 Å². The number of rotatable bonds is 10. The highest BCUT2D eigenvalue weighted by Gasteiger charge is 2.05. The molecule has 5 heteroatoms. The summed E-state index contributed by atoms with van der Waals surface area (Å²) in [6.45, 7) is 5.03. The van der Waals surface area contributed by atoms with Gasteiger partial charge < -0.3 is 9.47 Å². The van der Waals surface area contributed by atoms with Crippen LogP contribution in [-0.4, -0.2) is 38.2 Å². The van der Waals surface area contributed by atoms with Crippen molar-refractivity contribution in [2.45, 2.75) is 39.5 Å². The number of hydrogen-bond donors (Lipinski definition) is 1. The molecule has 0 saturated heterocycles. The number of carbonyl (C=O) groups excluding carboxylic acids is 2. The quantitative estimate of drug-likeness (QED) is 0.464. The van der Waals surface area contributed by atoms with Crippen LogP contribution in [0.5, 0.6) is 0 Å². The molecule has 100 valence electrons. The molecule has 5 nitrogen and oxygen atoms in total. The fourth-order valence-corrected chi connectivity index (χ4v) is 1.03. The molecular formula is C12H23NO4. The minimum atomic E-state index is -0.334. The maximum atomic E-state index is 11.1. The maximum absolute atomic E-state index is 11.1. The van der Waals surface area contributed by atoms with Crippen molar-refractivity contribution in [1.82, 2.24) is 5.32 Å². The molecule has 0 aliphatic rings.